The standard InChI is InChI=1S/C22H36/c1-5-6-7-16(2)14-18-9-10-20-19(15-18)12-13-22(4)17(3)8-11-21(20)22/h14,17,19-21H,2,5-13,15H2,1,3-4H3/b18-14-/t17-,19?,20?,21?,22+/m0/s1. The van der Waals surface area contributed by atoms with Gasteiger partial charge in [-0.1, -0.05) is 51.0 Å². The van der Waals surface area contributed by atoms with Crippen molar-refractivity contribution in [3.63, 3.8) is 0 Å². The van der Waals surface area contributed by atoms with Gasteiger partial charge in [-0.15, -0.1) is 0 Å². The first-order chi connectivity index (χ1) is 10.5. The molecule has 0 heteroatoms. The second-order valence-corrected chi connectivity index (χ2v) is 8.86. The van der Waals surface area contributed by atoms with E-state index < -0.39 is 0 Å². The molecule has 3 saturated carbocycles. The second-order valence-electron chi connectivity index (χ2n) is 8.86. The molecule has 22 heavy (non-hydrogen) atoms. The predicted octanol–water partition coefficient (Wildman–Crippen LogP) is 6.92. The highest BCUT2D eigenvalue weighted by atomic mass is 14.6. The third-order valence-corrected chi connectivity index (χ3v) is 7.64. The van der Waals surface area contributed by atoms with E-state index in [1.165, 1.54) is 69.8 Å². The van der Waals surface area contributed by atoms with E-state index in [-0.39, 0.29) is 0 Å². The molecule has 0 heterocycles. The first-order valence-electron chi connectivity index (χ1n) is 9.91. The lowest BCUT2D eigenvalue weighted by atomic mass is 9.55. The van der Waals surface area contributed by atoms with E-state index in [2.05, 4.69) is 33.4 Å². The van der Waals surface area contributed by atoms with Crippen molar-refractivity contribution in [2.75, 3.05) is 0 Å². The van der Waals surface area contributed by atoms with Crippen LogP contribution in [0.3, 0.4) is 0 Å². The predicted molar refractivity (Wildman–Crippen MR) is 96.8 cm³/mol. The summed E-state index contributed by atoms with van der Waals surface area (Å²) in [5, 5.41) is 0. The number of rotatable bonds is 4. The summed E-state index contributed by atoms with van der Waals surface area (Å²) >= 11 is 0. The molecule has 0 aromatic rings. The highest BCUT2D eigenvalue weighted by Gasteiger charge is 2.52. The van der Waals surface area contributed by atoms with Crippen LogP contribution in [0.4, 0.5) is 0 Å². The lowest BCUT2D eigenvalue weighted by Crippen LogP contribution is -2.42. The van der Waals surface area contributed by atoms with Crippen molar-refractivity contribution in [3.05, 3.63) is 23.8 Å². The Balaban J connectivity index is 1.64. The zero-order chi connectivity index (χ0) is 15.7. The maximum absolute atomic E-state index is 4.29. The molecule has 3 fully saturated rings. The summed E-state index contributed by atoms with van der Waals surface area (Å²) in [5.41, 5.74) is 3.77. The van der Waals surface area contributed by atoms with Gasteiger partial charge in [0.15, 0.2) is 0 Å². The smallest absolute Gasteiger partial charge is 0.0269 e. The summed E-state index contributed by atoms with van der Waals surface area (Å²) in [6.45, 7) is 11.7. The van der Waals surface area contributed by atoms with E-state index in [9.17, 15) is 0 Å². The first-order valence-corrected chi connectivity index (χ1v) is 9.91. The van der Waals surface area contributed by atoms with E-state index in [0.29, 0.717) is 5.41 Å². The van der Waals surface area contributed by atoms with Crippen LogP contribution in [0.5, 0.6) is 0 Å². The second kappa shape index (κ2) is 6.54. The van der Waals surface area contributed by atoms with E-state index in [1.54, 1.807) is 5.57 Å². The number of unbranched alkanes of at least 4 members (excludes halogenated alkanes) is 1. The van der Waals surface area contributed by atoms with Crippen LogP contribution in [0.1, 0.15) is 85.0 Å². The summed E-state index contributed by atoms with van der Waals surface area (Å²) in [5.74, 6) is 4.02. The molecule has 0 aliphatic heterocycles. The van der Waals surface area contributed by atoms with Gasteiger partial charge in [-0.05, 0) is 86.9 Å². The molecule has 0 aromatic heterocycles. The van der Waals surface area contributed by atoms with Gasteiger partial charge in [-0.2, -0.15) is 0 Å². The minimum absolute atomic E-state index is 0.674. The summed E-state index contributed by atoms with van der Waals surface area (Å²) in [4.78, 5) is 0. The average molecular weight is 301 g/mol. The summed E-state index contributed by atoms with van der Waals surface area (Å²) in [6.07, 6.45) is 16.4. The van der Waals surface area contributed by atoms with Crippen LogP contribution in [0, 0.1) is 29.1 Å². The average Bonchev–Trinajstić information content (AvgIpc) is 2.81. The molecule has 0 amide bonds. The van der Waals surface area contributed by atoms with Gasteiger partial charge in [0.25, 0.3) is 0 Å². The molecule has 0 spiro atoms. The van der Waals surface area contributed by atoms with Crippen LogP contribution in [-0.4, -0.2) is 0 Å². The van der Waals surface area contributed by atoms with Crippen LogP contribution in [-0.2, 0) is 0 Å². The van der Waals surface area contributed by atoms with Crippen molar-refractivity contribution in [2.24, 2.45) is 29.1 Å². The SMILES string of the molecule is C=C(/C=C1/CCC2C(CC[C@@]3(C)C2CC[C@@H]3C)C1)CCCC. The van der Waals surface area contributed by atoms with E-state index in [1.807, 2.05) is 0 Å². The fourth-order valence-electron chi connectivity index (χ4n) is 6.01. The van der Waals surface area contributed by atoms with Gasteiger partial charge in [0.1, 0.15) is 0 Å². The minimum atomic E-state index is 0.674. The number of hydrogen-bond donors (Lipinski definition) is 0. The Morgan fingerprint density at radius 3 is 2.86 bits per heavy atom. The quantitative estimate of drug-likeness (QED) is 0.528. The molecular formula is C22H36. The Kier molecular flexibility index (Phi) is 4.86. The van der Waals surface area contributed by atoms with Gasteiger partial charge in [0.05, 0.1) is 0 Å². The molecule has 3 unspecified atom stereocenters. The minimum Gasteiger partial charge on any atom is -0.0958 e. The third kappa shape index (κ3) is 2.95. The van der Waals surface area contributed by atoms with Crippen LogP contribution in [0.25, 0.3) is 0 Å². The van der Waals surface area contributed by atoms with E-state index in [0.717, 1.165) is 23.7 Å². The molecule has 0 radical (unpaired) electrons. The Morgan fingerprint density at radius 2 is 2.09 bits per heavy atom. The van der Waals surface area contributed by atoms with Gasteiger partial charge in [-0.3, -0.25) is 0 Å². The van der Waals surface area contributed by atoms with Gasteiger partial charge < -0.3 is 0 Å². The van der Waals surface area contributed by atoms with Crippen molar-refractivity contribution in [3.8, 4) is 0 Å². The number of fused-ring (bicyclic) bond motifs is 3. The maximum Gasteiger partial charge on any atom is -0.0269 e. The maximum atomic E-state index is 4.29. The zero-order valence-electron chi connectivity index (χ0n) is 15.2. The summed E-state index contributed by atoms with van der Waals surface area (Å²) < 4.78 is 0. The Morgan fingerprint density at radius 1 is 1.27 bits per heavy atom. The van der Waals surface area contributed by atoms with Crippen LogP contribution in [0.2, 0.25) is 0 Å². The molecule has 3 rings (SSSR count). The number of allylic oxidation sites excluding steroid dienone is 3. The topological polar surface area (TPSA) is 0 Å². The normalized spacial score (nSPS) is 43.0. The molecule has 3 aliphatic rings. The van der Waals surface area contributed by atoms with Crippen molar-refractivity contribution >= 4 is 0 Å². The van der Waals surface area contributed by atoms with Crippen molar-refractivity contribution in [2.45, 2.75) is 85.0 Å². The molecule has 3 aliphatic carbocycles. The highest BCUT2D eigenvalue weighted by molar-refractivity contribution is 5.23. The molecule has 124 valence electrons. The first kappa shape index (κ1) is 16.3. The lowest BCUT2D eigenvalue weighted by Gasteiger charge is -2.50. The van der Waals surface area contributed by atoms with Crippen LogP contribution >= 0.6 is 0 Å². The molecule has 5 atom stereocenters. The van der Waals surface area contributed by atoms with Gasteiger partial charge >= 0.3 is 0 Å². The molecule has 0 N–H and O–H groups in total. The fourth-order valence-corrected chi connectivity index (χ4v) is 6.01. The lowest BCUT2D eigenvalue weighted by molar-refractivity contribution is 0.00473. The van der Waals surface area contributed by atoms with Crippen molar-refractivity contribution in [1.82, 2.24) is 0 Å². The van der Waals surface area contributed by atoms with Crippen molar-refractivity contribution < 1.29 is 0 Å². The third-order valence-electron chi connectivity index (χ3n) is 7.64. The Bertz CT molecular complexity index is 443. The van der Waals surface area contributed by atoms with Crippen LogP contribution < -0.4 is 0 Å². The van der Waals surface area contributed by atoms with Gasteiger partial charge in [0.2, 0.25) is 0 Å². The highest BCUT2D eigenvalue weighted by Crippen LogP contribution is 2.61. The Hall–Kier alpha value is -0.520. The van der Waals surface area contributed by atoms with Gasteiger partial charge in [0, 0.05) is 0 Å². The van der Waals surface area contributed by atoms with Gasteiger partial charge in [-0.25, -0.2) is 0 Å². The van der Waals surface area contributed by atoms with Crippen molar-refractivity contribution in [1.29, 1.82) is 0 Å². The zero-order valence-corrected chi connectivity index (χ0v) is 15.2. The Labute approximate surface area is 138 Å². The molecular weight excluding hydrogens is 264 g/mol. The molecule has 0 nitrogen and oxygen atoms in total. The monoisotopic (exact) mass is 300 g/mol. The van der Waals surface area contributed by atoms with Crippen LogP contribution in [0.15, 0.2) is 23.8 Å². The summed E-state index contributed by atoms with van der Waals surface area (Å²) in [6, 6.07) is 0. The van der Waals surface area contributed by atoms with E-state index in [4.69, 9.17) is 0 Å². The molecule has 0 bridgehead atoms. The molecule has 0 saturated heterocycles. The number of hydrogen-bond acceptors (Lipinski definition) is 0. The largest absolute Gasteiger partial charge is 0.0958 e. The molecule has 0 aromatic carbocycles. The fraction of sp³-hybridized carbons (Fsp3) is 0.818. The summed E-state index contributed by atoms with van der Waals surface area (Å²) in [7, 11) is 0. The van der Waals surface area contributed by atoms with E-state index >= 15 is 0 Å².